The van der Waals surface area contributed by atoms with E-state index < -0.39 is 0 Å². The van der Waals surface area contributed by atoms with Crippen LogP contribution < -0.4 is 11.1 Å². The number of anilines is 2. The Morgan fingerprint density at radius 1 is 1.24 bits per heavy atom. The van der Waals surface area contributed by atoms with E-state index in [1.807, 2.05) is 19.1 Å². The van der Waals surface area contributed by atoms with Gasteiger partial charge in [0.25, 0.3) is 0 Å². The van der Waals surface area contributed by atoms with Crippen molar-refractivity contribution in [2.24, 2.45) is 0 Å². The second kappa shape index (κ2) is 7.07. The van der Waals surface area contributed by atoms with Crippen molar-refractivity contribution in [1.29, 1.82) is 0 Å². The van der Waals surface area contributed by atoms with Gasteiger partial charge in [-0.3, -0.25) is 4.79 Å². The zero-order valence-corrected chi connectivity index (χ0v) is 13.6. The van der Waals surface area contributed by atoms with Gasteiger partial charge in [0.05, 0.1) is 5.75 Å². The minimum atomic E-state index is -0.126. The van der Waals surface area contributed by atoms with Crippen LogP contribution in [-0.4, -0.2) is 11.7 Å². The van der Waals surface area contributed by atoms with E-state index in [1.165, 1.54) is 11.8 Å². The maximum Gasteiger partial charge on any atom is 0.234 e. The lowest BCUT2D eigenvalue weighted by Crippen LogP contribution is -2.14. The summed E-state index contributed by atoms with van der Waals surface area (Å²) in [5.41, 5.74) is 8.09. The Morgan fingerprint density at radius 2 is 2.00 bits per heavy atom. The Balaban J connectivity index is 1.95. The first-order valence-corrected chi connectivity index (χ1v) is 7.93. The first kappa shape index (κ1) is 16.0. The second-order valence-electron chi connectivity index (χ2n) is 4.48. The third-order valence-electron chi connectivity index (χ3n) is 2.79. The van der Waals surface area contributed by atoms with Gasteiger partial charge in [-0.1, -0.05) is 29.3 Å². The van der Waals surface area contributed by atoms with Crippen LogP contribution in [0.25, 0.3) is 0 Å². The van der Waals surface area contributed by atoms with Crippen molar-refractivity contribution in [3.8, 4) is 0 Å². The number of benzene rings is 2. The van der Waals surface area contributed by atoms with Gasteiger partial charge in [-0.25, -0.2) is 0 Å². The predicted molar refractivity (Wildman–Crippen MR) is 91.4 cm³/mol. The Kier molecular flexibility index (Phi) is 5.39. The standard InChI is InChI=1S/C15H14Cl2N2OS/c1-9-2-4-11(7-12(9)17)19-15(20)8-21-14-6-10(16)3-5-13(14)18/h2-7H,8,18H2,1H3,(H,19,20). The van der Waals surface area contributed by atoms with Crippen LogP contribution in [-0.2, 0) is 4.79 Å². The Labute approximate surface area is 137 Å². The number of halogens is 2. The number of amides is 1. The molecule has 0 saturated heterocycles. The largest absolute Gasteiger partial charge is 0.398 e. The lowest BCUT2D eigenvalue weighted by molar-refractivity contribution is -0.113. The van der Waals surface area contributed by atoms with Gasteiger partial charge in [0.1, 0.15) is 0 Å². The average Bonchev–Trinajstić information content (AvgIpc) is 2.44. The Morgan fingerprint density at radius 3 is 2.71 bits per heavy atom. The monoisotopic (exact) mass is 340 g/mol. The minimum absolute atomic E-state index is 0.126. The molecule has 0 aliphatic rings. The number of carbonyl (C=O) groups excluding carboxylic acids is 1. The van der Waals surface area contributed by atoms with E-state index >= 15 is 0 Å². The highest BCUT2D eigenvalue weighted by atomic mass is 35.5. The minimum Gasteiger partial charge on any atom is -0.398 e. The van der Waals surface area contributed by atoms with Crippen LogP contribution in [0, 0.1) is 6.92 Å². The summed E-state index contributed by atoms with van der Waals surface area (Å²) in [4.78, 5) is 12.7. The van der Waals surface area contributed by atoms with Crippen molar-refractivity contribution in [2.45, 2.75) is 11.8 Å². The van der Waals surface area contributed by atoms with Crippen molar-refractivity contribution in [3.05, 3.63) is 52.0 Å². The zero-order valence-electron chi connectivity index (χ0n) is 11.3. The van der Waals surface area contributed by atoms with Crippen LogP contribution in [0.2, 0.25) is 10.0 Å². The molecule has 2 rings (SSSR count). The van der Waals surface area contributed by atoms with Gasteiger partial charge in [0.15, 0.2) is 0 Å². The summed E-state index contributed by atoms with van der Waals surface area (Å²) >= 11 is 13.3. The molecule has 3 nitrogen and oxygen atoms in total. The fourth-order valence-electron chi connectivity index (χ4n) is 1.64. The van der Waals surface area contributed by atoms with Gasteiger partial charge < -0.3 is 11.1 Å². The topological polar surface area (TPSA) is 55.1 Å². The number of aryl methyl sites for hydroxylation is 1. The van der Waals surface area contributed by atoms with Gasteiger partial charge >= 0.3 is 0 Å². The van der Waals surface area contributed by atoms with Crippen LogP contribution in [0.15, 0.2) is 41.3 Å². The molecular formula is C15H14Cl2N2OS. The molecule has 0 unspecified atom stereocenters. The maximum atomic E-state index is 11.9. The quantitative estimate of drug-likeness (QED) is 0.630. The summed E-state index contributed by atoms with van der Waals surface area (Å²) in [6.45, 7) is 1.91. The van der Waals surface area contributed by atoms with E-state index in [0.717, 1.165) is 10.5 Å². The fraction of sp³-hybridized carbons (Fsp3) is 0.133. The number of thioether (sulfide) groups is 1. The van der Waals surface area contributed by atoms with E-state index in [9.17, 15) is 4.79 Å². The Bertz CT molecular complexity index is 677. The number of nitrogens with two attached hydrogens (primary N) is 1. The molecule has 2 aromatic carbocycles. The molecule has 0 aliphatic carbocycles. The summed E-state index contributed by atoms with van der Waals surface area (Å²) in [7, 11) is 0. The third kappa shape index (κ3) is 4.56. The Hall–Kier alpha value is -1.36. The van der Waals surface area contributed by atoms with Crippen LogP contribution in [0.4, 0.5) is 11.4 Å². The molecule has 6 heteroatoms. The van der Waals surface area contributed by atoms with E-state index in [2.05, 4.69) is 5.32 Å². The number of hydrogen-bond acceptors (Lipinski definition) is 3. The van der Waals surface area contributed by atoms with Gasteiger partial charge in [-0.15, -0.1) is 11.8 Å². The summed E-state index contributed by atoms with van der Waals surface area (Å²) in [6, 6.07) is 10.6. The van der Waals surface area contributed by atoms with E-state index in [0.29, 0.717) is 21.4 Å². The lowest BCUT2D eigenvalue weighted by Gasteiger charge is -2.08. The molecule has 110 valence electrons. The lowest BCUT2D eigenvalue weighted by atomic mass is 10.2. The van der Waals surface area contributed by atoms with Crippen LogP contribution in [0.1, 0.15) is 5.56 Å². The summed E-state index contributed by atoms with van der Waals surface area (Å²) in [6.07, 6.45) is 0. The van der Waals surface area contributed by atoms with Crippen LogP contribution in [0.3, 0.4) is 0 Å². The number of nitrogens with one attached hydrogen (secondary N) is 1. The molecule has 2 aromatic rings. The van der Waals surface area contributed by atoms with Crippen molar-refractivity contribution in [1.82, 2.24) is 0 Å². The first-order chi connectivity index (χ1) is 9.95. The summed E-state index contributed by atoms with van der Waals surface area (Å²) < 4.78 is 0. The van der Waals surface area contributed by atoms with Crippen molar-refractivity contribution >= 4 is 52.2 Å². The van der Waals surface area contributed by atoms with Crippen LogP contribution in [0.5, 0.6) is 0 Å². The predicted octanol–water partition coefficient (Wildman–Crippen LogP) is 4.61. The van der Waals surface area contributed by atoms with Crippen molar-refractivity contribution in [2.75, 3.05) is 16.8 Å². The first-order valence-electron chi connectivity index (χ1n) is 6.19. The molecular weight excluding hydrogens is 327 g/mol. The maximum absolute atomic E-state index is 11.9. The molecule has 0 aromatic heterocycles. The average molecular weight is 341 g/mol. The molecule has 0 saturated carbocycles. The van der Waals surface area contributed by atoms with Gasteiger partial charge in [0.2, 0.25) is 5.91 Å². The normalized spacial score (nSPS) is 10.4. The van der Waals surface area contributed by atoms with Crippen molar-refractivity contribution in [3.63, 3.8) is 0 Å². The van der Waals surface area contributed by atoms with Gasteiger partial charge in [0, 0.05) is 26.3 Å². The second-order valence-corrected chi connectivity index (χ2v) is 6.34. The molecule has 21 heavy (non-hydrogen) atoms. The highest BCUT2D eigenvalue weighted by Gasteiger charge is 2.07. The molecule has 0 atom stereocenters. The van der Waals surface area contributed by atoms with Gasteiger partial charge in [-0.2, -0.15) is 0 Å². The highest BCUT2D eigenvalue weighted by molar-refractivity contribution is 8.00. The molecule has 0 fully saturated rings. The molecule has 1 amide bonds. The molecule has 0 spiro atoms. The summed E-state index contributed by atoms with van der Waals surface area (Å²) in [5.74, 6) is 0.120. The number of hydrogen-bond donors (Lipinski definition) is 2. The van der Waals surface area contributed by atoms with E-state index in [4.69, 9.17) is 28.9 Å². The molecule has 0 bridgehead atoms. The number of rotatable bonds is 4. The molecule has 0 heterocycles. The third-order valence-corrected chi connectivity index (χ3v) is 4.50. The molecule has 0 radical (unpaired) electrons. The van der Waals surface area contributed by atoms with E-state index in [-0.39, 0.29) is 11.7 Å². The molecule has 3 N–H and O–H groups in total. The van der Waals surface area contributed by atoms with Crippen molar-refractivity contribution < 1.29 is 4.79 Å². The smallest absolute Gasteiger partial charge is 0.234 e. The summed E-state index contributed by atoms with van der Waals surface area (Å²) in [5, 5.41) is 4.02. The highest BCUT2D eigenvalue weighted by Crippen LogP contribution is 2.28. The zero-order chi connectivity index (χ0) is 15.4. The van der Waals surface area contributed by atoms with E-state index in [1.54, 1.807) is 24.3 Å². The number of carbonyl (C=O) groups is 1. The van der Waals surface area contributed by atoms with Crippen LogP contribution >= 0.6 is 35.0 Å². The number of nitrogen functional groups attached to an aromatic ring is 1. The SMILES string of the molecule is Cc1ccc(NC(=O)CSc2cc(Cl)ccc2N)cc1Cl. The molecule has 0 aliphatic heterocycles. The fourth-order valence-corrected chi connectivity index (χ4v) is 2.87. The van der Waals surface area contributed by atoms with Gasteiger partial charge in [-0.05, 0) is 42.8 Å².